The van der Waals surface area contributed by atoms with Crippen molar-refractivity contribution in [1.82, 2.24) is 0 Å². The monoisotopic (exact) mass is 346 g/mol. The molecule has 0 radical (unpaired) electrons. The second kappa shape index (κ2) is 7.70. The molecule has 0 saturated carbocycles. The lowest BCUT2D eigenvalue weighted by Gasteiger charge is -2.10. The number of ether oxygens (including phenoxy) is 2. The maximum atomic E-state index is 14.2. The Balaban J connectivity index is 2.27. The van der Waals surface area contributed by atoms with E-state index in [4.69, 9.17) is 4.74 Å². The van der Waals surface area contributed by atoms with Crippen molar-refractivity contribution in [1.29, 1.82) is 0 Å². The van der Waals surface area contributed by atoms with Crippen LogP contribution in [0.25, 0.3) is 11.1 Å². The van der Waals surface area contributed by atoms with E-state index in [9.17, 15) is 18.4 Å². The minimum Gasteiger partial charge on any atom is -0.426 e. The fourth-order valence-electron chi connectivity index (χ4n) is 1.92. The lowest BCUT2D eigenvalue weighted by molar-refractivity contribution is -0.137. The van der Waals surface area contributed by atoms with Crippen LogP contribution in [0.2, 0.25) is 0 Å². The van der Waals surface area contributed by atoms with E-state index < -0.39 is 29.3 Å². The minimum absolute atomic E-state index is 0.0161. The molecule has 0 spiro atoms. The molecule has 0 bridgehead atoms. The summed E-state index contributed by atoms with van der Waals surface area (Å²) in [6.07, 6.45) is 0.850. The van der Waals surface area contributed by atoms with E-state index in [0.717, 1.165) is 12.1 Å². The molecule has 0 aliphatic heterocycles. The van der Waals surface area contributed by atoms with Crippen molar-refractivity contribution in [2.75, 3.05) is 0 Å². The van der Waals surface area contributed by atoms with E-state index in [0.29, 0.717) is 11.3 Å². The molecule has 0 aliphatic carbocycles. The molecule has 25 heavy (non-hydrogen) atoms. The Morgan fingerprint density at radius 3 is 2.20 bits per heavy atom. The van der Waals surface area contributed by atoms with Crippen LogP contribution < -0.4 is 9.47 Å². The van der Waals surface area contributed by atoms with Gasteiger partial charge < -0.3 is 9.47 Å². The van der Waals surface area contributed by atoms with Gasteiger partial charge in [-0.2, -0.15) is 4.39 Å². The number of hydrogen-bond acceptors (Lipinski definition) is 4. The van der Waals surface area contributed by atoms with Crippen molar-refractivity contribution < 1.29 is 27.8 Å². The predicted octanol–water partition coefficient (Wildman–Crippen LogP) is 4.28. The zero-order valence-corrected chi connectivity index (χ0v) is 13.7. The first-order chi connectivity index (χ1) is 11.8. The Morgan fingerprint density at radius 2 is 1.64 bits per heavy atom. The van der Waals surface area contributed by atoms with E-state index in [-0.39, 0.29) is 11.5 Å². The maximum absolute atomic E-state index is 14.2. The number of hydrogen-bond donors (Lipinski definition) is 0. The fraction of sp³-hybridized carbons (Fsp3) is 0.158. The second-order valence-corrected chi connectivity index (χ2v) is 5.46. The van der Waals surface area contributed by atoms with Gasteiger partial charge in [-0.3, -0.25) is 4.79 Å². The SMILES string of the molecule is C=CC(=O)Oc1ccc(-c2ccc(OC(=O)C(C)C)cc2)c(F)c1F. The molecule has 2 rings (SSSR count). The van der Waals surface area contributed by atoms with Gasteiger partial charge >= 0.3 is 11.9 Å². The van der Waals surface area contributed by atoms with Gasteiger partial charge in [0.2, 0.25) is 5.82 Å². The van der Waals surface area contributed by atoms with Gasteiger partial charge in [-0.05, 0) is 29.8 Å². The van der Waals surface area contributed by atoms with Crippen molar-refractivity contribution in [3.8, 4) is 22.6 Å². The molecule has 0 atom stereocenters. The summed E-state index contributed by atoms with van der Waals surface area (Å²) in [5.74, 6) is -4.20. The smallest absolute Gasteiger partial charge is 0.335 e. The highest BCUT2D eigenvalue weighted by atomic mass is 19.2. The maximum Gasteiger partial charge on any atom is 0.335 e. The van der Waals surface area contributed by atoms with Gasteiger partial charge in [0.05, 0.1) is 5.92 Å². The summed E-state index contributed by atoms with van der Waals surface area (Å²) >= 11 is 0. The third-order valence-electron chi connectivity index (χ3n) is 3.28. The molecule has 2 aromatic carbocycles. The number of carbonyl (C=O) groups is 2. The summed E-state index contributed by atoms with van der Waals surface area (Å²) in [6, 6.07) is 8.41. The molecule has 4 nitrogen and oxygen atoms in total. The van der Waals surface area contributed by atoms with Crippen molar-refractivity contribution in [2.45, 2.75) is 13.8 Å². The number of halogens is 2. The molecule has 0 heterocycles. The van der Waals surface area contributed by atoms with Crippen LogP contribution in [-0.4, -0.2) is 11.9 Å². The van der Waals surface area contributed by atoms with Crippen LogP contribution in [0, 0.1) is 17.6 Å². The van der Waals surface area contributed by atoms with Crippen LogP contribution >= 0.6 is 0 Å². The number of carbonyl (C=O) groups excluding carboxylic acids is 2. The third-order valence-corrected chi connectivity index (χ3v) is 3.28. The molecule has 2 aromatic rings. The number of esters is 2. The van der Waals surface area contributed by atoms with Gasteiger partial charge in [-0.1, -0.05) is 32.6 Å². The van der Waals surface area contributed by atoms with Crippen molar-refractivity contribution in [3.05, 3.63) is 60.7 Å². The molecule has 130 valence electrons. The van der Waals surface area contributed by atoms with Crippen LogP contribution in [0.3, 0.4) is 0 Å². The first-order valence-corrected chi connectivity index (χ1v) is 7.48. The molecule has 0 fully saturated rings. The van der Waals surface area contributed by atoms with Crippen molar-refractivity contribution >= 4 is 11.9 Å². The summed E-state index contributed by atoms with van der Waals surface area (Å²) in [7, 11) is 0. The Hall–Kier alpha value is -3.02. The van der Waals surface area contributed by atoms with Crippen LogP contribution in [0.5, 0.6) is 11.5 Å². The summed E-state index contributed by atoms with van der Waals surface area (Å²) in [5.41, 5.74) is 0.361. The molecule has 0 aliphatic rings. The van der Waals surface area contributed by atoms with Crippen LogP contribution in [0.4, 0.5) is 8.78 Å². The molecule has 0 amide bonds. The zero-order chi connectivity index (χ0) is 18.6. The van der Waals surface area contributed by atoms with Gasteiger partial charge in [0.25, 0.3) is 0 Å². The second-order valence-electron chi connectivity index (χ2n) is 5.46. The summed E-state index contributed by atoms with van der Waals surface area (Å²) in [5, 5.41) is 0. The molecule has 0 unspecified atom stereocenters. The molecule has 0 N–H and O–H groups in total. The summed E-state index contributed by atoms with van der Waals surface area (Å²) in [4.78, 5) is 22.6. The molecule has 6 heteroatoms. The summed E-state index contributed by atoms with van der Waals surface area (Å²) in [6.45, 7) is 6.59. The lowest BCUT2D eigenvalue weighted by Crippen LogP contribution is -2.14. The zero-order valence-electron chi connectivity index (χ0n) is 13.7. The Morgan fingerprint density at radius 1 is 1.00 bits per heavy atom. The normalized spacial score (nSPS) is 10.4. The largest absolute Gasteiger partial charge is 0.426 e. The highest BCUT2D eigenvalue weighted by Gasteiger charge is 2.17. The van der Waals surface area contributed by atoms with E-state index in [1.54, 1.807) is 13.8 Å². The van der Waals surface area contributed by atoms with Crippen LogP contribution in [0.15, 0.2) is 49.1 Å². The predicted molar refractivity (Wildman–Crippen MR) is 88.1 cm³/mol. The van der Waals surface area contributed by atoms with Gasteiger partial charge in [-0.15, -0.1) is 0 Å². The van der Waals surface area contributed by atoms with E-state index in [1.807, 2.05) is 0 Å². The molecule has 0 saturated heterocycles. The van der Waals surface area contributed by atoms with E-state index in [2.05, 4.69) is 11.3 Å². The first kappa shape index (κ1) is 18.3. The lowest BCUT2D eigenvalue weighted by atomic mass is 10.0. The summed E-state index contributed by atoms with van der Waals surface area (Å²) < 4.78 is 38.0. The van der Waals surface area contributed by atoms with Gasteiger partial charge in [0.1, 0.15) is 5.75 Å². The molecule has 0 aromatic heterocycles. The van der Waals surface area contributed by atoms with E-state index in [1.165, 1.54) is 30.3 Å². The average Bonchev–Trinajstić information content (AvgIpc) is 2.59. The Labute approximate surface area is 143 Å². The average molecular weight is 346 g/mol. The van der Waals surface area contributed by atoms with Crippen LogP contribution in [0.1, 0.15) is 13.8 Å². The van der Waals surface area contributed by atoms with Gasteiger partial charge in [0.15, 0.2) is 11.6 Å². The van der Waals surface area contributed by atoms with Gasteiger partial charge in [0, 0.05) is 11.6 Å². The van der Waals surface area contributed by atoms with E-state index >= 15 is 0 Å². The standard InChI is InChI=1S/C19H16F2O4/c1-4-16(22)25-15-10-9-14(17(20)18(15)21)12-5-7-13(8-6-12)24-19(23)11(2)3/h4-11H,1H2,2-3H3. The fourth-order valence-corrected chi connectivity index (χ4v) is 1.92. The Bertz CT molecular complexity index is 811. The highest BCUT2D eigenvalue weighted by molar-refractivity contribution is 5.83. The minimum atomic E-state index is -1.27. The quantitative estimate of drug-likeness (QED) is 0.460. The van der Waals surface area contributed by atoms with Crippen molar-refractivity contribution in [2.24, 2.45) is 5.92 Å². The topological polar surface area (TPSA) is 52.6 Å². The highest BCUT2D eigenvalue weighted by Crippen LogP contribution is 2.31. The molecular formula is C19H16F2O4. The van der Waals surface area contributed by atoms with Crippen LogP contribution in [-0.2, 0) is 9.59 Å². The molecular weight excluding hydrogens is 330 g/mol. The van der Waals surface area contributed by atoms with Crippen molar-refractivity contribution in [3.63, 3.8) is 0 Å². The van der Waals surface area contributed by atoms with Gasteiger partial charge in [-0.25, -0.2) is 9.18 Å². The third kappa shape index (κ3) is 4.29. The Kier molecular flexibility index (Phi) is 5.64. The number of benzene rings is 2. The first-order valence-electron chi connectivity index (χ1n) is 7.48. The number of rotatable bonds is 5.